The van der Waals surface area contributed by atoms with Crippen LogP contribution in [0.25, 0.3) is 0 Å². The number of carbonyl (C=O) groups is 3. The maximum atomic E-state index is 12.0. The highest BCUT2D eigenvalue weighted by molar-refractivity contribution is 5.89. The van der Waals surface area contributed by atoms with Crippen molar-refractivity contribution in [2.45, 2.75) is 58.5 Å². The Morgan fingerprint density at radius 3 is 1.67 bits per heavy atom. The molecule has 0 N–H and O–H groups in total. The molecule has 2 aromatic rings. The summed E-state index contributed by atoms with van der Waals surface area (Å²) in [6.45, 7) is 10.4. The van der Waals surface area contributed by atoms with Crippen LogP contribution in [0.1, 0.15) is 73.6 Å². The van der Waals surface area contributed by atoms with Gasteiger partial charge in [-0.05, 0) is 101 Å². The van der Waals surface area contributed by atoms with Crippen molar-refractivity contribution in [1.29, 1.82) is 0 Å². The second-order valence-electron chi connectivity index (χ2n) is 11.7. The van der Waals surface area contributed by atoms with Gasteiger partial charge in [0.25, 0.3) is 0 Å². The minimum Gasteiger partial charge on any atom is -0.493 e. The van der Waals surface area contributed by atoms with Gasteiger partial charge < -0.3 is 28.6 Å². The van der Waals surface area contributed by atoms with Gasteiger partial charge in [0.05, 0.1) is 32.0 Å². The number of ether oxygens (including phenoxy) is 5. The van der Waals surface area contributed by atoms with Crippen LogP contribution in [0.15, 0.2) is 48.5 Å². The quantitative estimate of drug-likeness (QED) is 0.276. The summed E-state index contributed by atoms with van der Waals surface area (Å²) in [4.78, 5) is 38.8. The van der Waals surface area contributed by atoms with E-state index in [1.54, 1.807) is 53.4 Å². The summed E-state index contributed by atoms with van der Waals surface area (Å²) in [7, 11) is 2.74. The van der Waals surface area contributed by atoms with Gasteiger partial charge in [0, 0.05) is 26.2 Å². The van der Waals surface area contributed by atoms with Crippen LogP contribution in [0.4, 0.5) is 4.79 Å². The molecule has 0 spiro atoms. The molecule has 0 saturated carbocycles. The molecule has 10 heteroatoms. The van der Waals surface area contributed by atoms with Crippen LogP contribution in [-0.4, -0.2) is 87.2 Å². The number of esters is 2. The lowest BCUT2D eigenvalue weighted by atomic mass is 9.98. The van der Waals surface area contributed by atoms with Crippen LogP contribution in [0.3, 0.4) is 0 Å². The van der Waals surface area contributed by atoms with Gasteiger partial charge in [-0.1, -0.05) is 6.42 Å². The van der Waals surface area contributed by atoms with Crippen LogP contribution in [0.2, 0.25) is 0 Å². The molecular formula is C33H46N2O8. The van der Waals surface area contributed by atoms with Gasteiger partial charge in [-0.3, -0.25) is 4.90 Å². The molecule has 10 nitrogen and oxygen atoms in total. The molecule has 2 aliphatic heterocycles. The third kappa shape index (κ3) is 11.8. The van der Waals surface area contributed by atoms with Gasteiger partial charge in [-0.25, -0.2) is 14.4 Å². The number of rotatable bonds is 8. The van der Waals surface area contributed by atoms with E-state index in [-0.39, 0.29) is 18.0 Å². The molecule has 236 valence electrons. The minimum absolute atomic E-state index is 0.245. The van der Waals surface area contributed by atoms with E-state index >= 15 is 0 Å². The van der Waals surface area contributed by atoms with Gasteiger partial charge in [0.2, 0.25) is 0 Å². The highest BCUT2D eigenvalue weighted by Crippen LogP contribution is 2.22. The van der Waals surface area contributed by atoms with Crippen molar-refractivity contribution < 1.29 is 38.1 Å². The van der Waals surface area contributed by atoms with Crippen LogP contribution in [-0.2, 0) is 14.2 Å². The maximum absolute atomic E-state index is 12.0. The zero-order chi connectivity index (χ0) is 31.2. The van der Waals surface area contributed by atoms with Gasteiger partial charge in [0.1, 0.15) is 23.8 Å². The third-order valence-corrected chi connectivity index (χ3v) is 7.17. The predicted octanol–water partition coefficient (Wildman–Crippen LogP) is 5.79. The Hall–Kier alpha value is -3.79. The largest absolute Gasteiger partial charge is 0.493 e. The van der Waals surface area contributed by atoms with E-state index in [0.717, 1.165) is 37.4 Å². The molecule has 2 saturated heterocycles. The highest BCUT2D eigenvalue weighted by Gasteiger charge is 2.27. The number of carbonyl (C=O) groups excluding carboxylic acids is 3. The van der Waals surface area contributed by atoms with Gasteiger partial charge in [-0.15, -0.1) is 0 Å². The molecule has 2 fully saturated rings. The Labute approximate surface area is 255 Å². The molecule has 4 rings (SSSR count). The summed E-state index contributed by atoms with van der Waals surface area (Å²) in [5.74, 6) is 1.23. The monoisotopic (exact) mass is 598 g/mol. The number of methoxy groups -OCH3 is 2. The average Bonchev–Trinajstić information content (AvgIpc) is 3.02. The summed E-state index contributed by atoms with van der Waals surface area (Å²) in [5, 5.41) is 0. The molecule has 2 heterocycles. The van der Waals surface area contributed by atoms with Crippen molar-refractivity contribution in [3.05, 3.63) is 59.7 Å². The third-order valence-electron chi connectivity index (χ3n) is 7.17. The van der Waals surface area contributed by atoms with E-state index in [2.05, 4.69) is 14.4 Å². The summed E-state index contributed by atoms with van der Waals surface area (Å²) < 4.78 is 26.2. The molecule has 2 aromatic carbocycles. The molecule has 0 aliphatic carbocycles. The summed E-state index contributed by atoms with van der Waals surface area (Å²) >= 11 is 0. The minimum atomic E-state index is -0.465. The number of nitrogens with zero attached hydrogens (tertiary/aromatic N) is 2. The molecule has 0 radical (unpaired) electrons. The smallest absolute Gasteiger partial charge is 0.410 e. The van der Waals surface area contributed by atoms with Crippen LogP contribution in [0, 0.1) is 5.92 Å². The topological polar surface area (TPSA) is 104 Å². The molecule has 1 amide bonds. The number of amides is 1. The lowest BCUT2D eigenvalue weighted by Gasteiger charge is -2.33. The second kappa shape index (κ2) is 16.7. The molecule has 0 bridgehead atoms. The number of likely N-dealkylation sites (tertiary alicyclic amines) is 2. The first-order valence-corrected chi connectivity index (χ1v) is 14.9. The zero-order valence-corrected chi connectivity index (χ0v) is 26.1. The van der Waals surface area contributed by atoms with E-state index < -0.39 is 5.60 Å². The van der Waals surface area contributed by atoms with Crippen molar-refractivity contribution in [2.24, 2.45) is 5.92 Å². The maximum Gasteiger partial charge on any atom is 0.410 e. The van der Waals surface area contributed by atoms with Crippen molar-refractivity contribution in [2.75, 3.05) is 53.7 Å². The second-order valence-corrected chi connectivity index (χ2v) is 11.7. The van der Waals surface area contributed by atoms with Crippen molar-refractivity contribution in [1.82, 2.24) is 9.80 Å². The molecule has 0 aromatic heterocycles. The standard InChI is InChI=1S/C19H27NO5.C14H19NO3/c1-19(2,3)25-18(22)20-11-9-14(10-12-20)13-24-16-7-5-15(6-8-16)17(21)23-4;1-17-14(16)12-5-7-13(8-6-12)18-11-15-9-3-2-4-10-15/h5-8,14H,9-13H2,1-4H3;5-8H,2-4,9-11H2,1H3. The Morgan fingerprint density at radius 1 is 0.721 bits per heavy atom. The van der Waals surface area contributed by atoms with E-state index in [1.165, 1.54) is 33.5 Å². The van der Waals surface area contributed by atoms with E-state index in [1.807, 2.05) is 20.8 Å². The van der Waals surface area contributed by atoms with Crippen LogP contribution in [0.5, 0.6) is 11.5 Å². The molecular weight excluding hydrogens is 552 g/mol. The lowest BCUT2D eigenvalue weighted by molar-refractivity contribution is 0.0164. The average molecular weight is 599 g/mol. The first-order chi connectivity index (χ1) is 20.6. The molecule has 2 aliphatic rings. The van der Waals surface area contributed by atoms with E-state index in [9.17, 15) is 14.4 Å². The summed E-state index contributed by atoms with van der Waals surface area (Å²) in [6.07, 6.45) is 5.36. The van der Waals surface area contributed by atoms with E-state index in [4.69, 9.17) is 14.2 Å². The van der Waals surface area contributed by atoms with Crippen molar-refractivity contribution in [3.63, 3.8) is 0 Å². The number of piperidine rings is 2. The van der Waals surface area contributed by atoms with Gasteiger partial charge >= 0.3 is 18.0 Å². The molecule has 0 unspecified atom stereocenters. The fraction of sp³-hybridized carbons (Fsp3) is 0.545. The Bertz CT molecular complexity index is 1150. The number of hydrogen-bond donors (Lipinski definition) is 0. The lowest BCUT2D eigenvalue weighted by Crippen LogP contribution is -2.42. The Kier molecular flexibility index (Phi) is 13.1. The normalized spacial score (nSPS) is 15.9. The first-order valence-electron chi connectivity index (χ1n) is 14.9. The summed E-state index contributed by atoms with van der Waals surface area (Å²) in [5.41, 5.74) is 0.580. The molecule has 43 heavy (non-hydrogen) atoms. The van der Waals surface area contributed by atoms with Crippen molar-refractivity contribution in [3.8, 4) is 11.5 Å². The number of hydrogen-bond acceptors (Lipinski definition) is 9. The molecule has 0 atom stereocenters. The van der Waals surface area contributed by atoms with Crippen LogP contribution < -0.4 is 9.47 Å². The van der Waals surface area contributed by atoms with E-state index in [0.29, 0.717) is 43.5 Å². The van der Waals surface area contributed by atoms with Gasteiger partial charge in [-0.2, -0.15) is 0 Å². The highest BCUT2D eigenvalue weighted by atomic mass is 16.6. The SMILES string of the molecule is COC(=O)c1ccc(OCC2CCN(C(=O)OC(C)(C)C)CC2)cc1.COC(=O)c1ccc(OCN2CCCCC2)cc1. The first kappa shape index (κ1) is 33.7. The fourth-order valence-corrected chi connectivity index (χ4v) is 4.69. The zero-order valence-electron chi connectivity index (χ0n) is 26.1. The fourth-order valence-electron chi connectivity index (χ4n) is 4.69. The van der Waals surface area contributed by atoms with Crippen LogP contribution >= 0.6 is 0 Å². The van der Waals surface area contributed by atoms with Crippen molar-refractivity contribution >= 4 is 18.0 Å². The van der Waals surface area contributed by atoms with Gasteiger partial charge in [0.15, 0.2) is 0 Å². The Balaban J connectivity index is 0.000000248. The Morgan fingerprint density at radius 2 is 1.21 bits per heavy atom. The summed E-state index contributed by atoms with van der Waals surface area (Å²) in [6, 6.07) is 13.9. The predicted molar refractivity (Wildman–Crippen MR) is 163 cm³/mol. The number of benzene rings is 2.